The topological polar surface area (TPSA) is 41.6 Å². The molecule has 0 amide bonds. The van der Waals surface area contributed by atoms with Crippen LogP contribution in [-0.4, -0.2) is 15.0 Å². The zero-order valence-electron chi connectivity index (χ0n) is 8.69. The Morgan fingerprint density at radius 2 is 2.06 bits per heavy atom. The minimum absolute atomic E-state index is 0.465. The third-order valence-corrected chi connectivity index (χ3v) is 2.76. The van der Waals surface area contributed by atoms with E-state index < -0.39 is 0 Å². The van der Waals surface area contributed by atoms with Crippen LogP contribution < -0.4 is 0 Å². The maximum Gasteiger partial charge on any atom is 0.198 e. The van der Waals surface area contributed by atoms with Crippen molar-refractivity contribution < 1.29 is 0 Å². The van der Waals surface area contributed by atoms with Crippen molar-refractivity contribution in [1.29, 1.82) is 0 Å². The van der Waals surface area contributed by atoms with E-state index in [1.807, 2.05) is 0 Å². The molecule has 2 heterocycles. The van der Waals surface area contributed by atoms with Gasteiger partial charge in [0.25, 0.3) is 0 Å². The summed E-state index contributed by atoms with van der Waals surface area (Å²) in [6, 6.07) is 8.27. The minimum Gasteiger partial charge on any atom is -0.315 e. The highest BCUT2D eigenvalue weighted by Gasteiger charge is 2.00. The van der Waals surface area contributed by atoms with Crippen molar-refractivity contribution in [3.05, 3.63) is 40.8 Å². The van der Waals surface area contributed by atoms with Crippen LogP contribution in [-0.2, 0) is 0 Å². The van der Waals surface area contributed by atoms with Crippen molar-refractivity contribution in [3.8, 4) is 0 Å². The van der Waals surface area contributed by atoms with Gasteiger partial charge < -0.3 is 4.98 Å². The van der Waals surface area contributed by atoms with E-state index in [9.17, 15) is 0 Å². The number of hydrogen-bond acceptors (Lipinski definition) is 3. The number of hydrogen-bond donors (Lipinski definition) is 1. The van der Waals surface area contributed by atoms with Gasteiger partial charge in [0, 0.05) is 17.0 Å². The van der Waals surface area contributed by atoms with Gasteiger partial charge in [0.05, 0.1) is 5.52 Å². The molecule has 0 saturated carbocycles. The molecule has 0 atom stereocenters. The molecule has 0 aliphatic rings. The normalized spacial score (nSPS) is 11.1. The molecule has 0 aliphatic heterocycles. The molecule has 0 fully saturated rings. The average molecular weight is 227 g/mol. The van der Waals surface area contributed by atoms with E-state index in [1.54, 1.807) is 6.20 Å². The van der Waals surface area contributed by atoms with Gasteiger partial charge in [-0.2, -0.15) is 0 Å². The van der Waals surface area contributed by atoms with E-state index in [4.69, 9.17) is 12.2 Å². The molecule has 2 aromatic heterocycles. The Hall–Kier alpha value is -1.81. The second kappa shape index (κ2) is 3.35. The predicted molar refractivity (Wildman–Crippen MR) is 67.0 cm³/mol. The summed E-state index contributed by atoms with van der Waals surface area (Å²) in [6.07, 6.45) is 1.75. The summed E-state index contributed by atoms with van der Waals surface area (Å²) in [7, 11) is 0. The first kappa shape index (κ1) is 9.42. The summed E-state index contributed by atoms with van der Waals surface area (Å²) >= 11 is 4.98. The Labute approximate surface area is 97.2 Å². The number of aryl methyl sites for hydroxylation is 1. The number of nitrogens with zero attached hydrogens (tertiary/aromatic N) is 2. The van der Waals surface area contributed by atoms with Crippen molar-refractivity contribution in [1.82, 2.24) is 15.0 Å². The first-order valence-corrected chi connectivity index (χ1v) is 5.40. The minimum atomic E-state index is 0.465. The summed E-state index contributed by atoms with van der Waals surface area (Å²) in [4.78, 5) is 11.6. The number of nitrogens with one attached hydrogen (secondary N) is 1. The van der Waals surface area contributed by atoms with Crippen LogP contribution in [0, 0.1) is 11.7 Å². The van der Waals surface area contributed by atoms with Gasteiger partial charge in [0.1, 0.15) is 5.65 Å². The predicted octanol–water partition coefficient (Wildman–Crippen LogP) is 3.15. The van der Waals surface area contributed by atoms with E-state index in [-0.39, 0.29) is 0 Å². The lowest BCUT2D eigenvalue weighted by Gasteiger charge is -2.01. The Bertz CT molecular complexity index is 746. The van der Waals surface area contributed by atoms with Crippen LogP contribution in [0.1, 0.15) is 5.56 Å². The van der Waals surface area contributed by atoms with Crippen molar-refractivity contribution in [2.75, 3.05) is 0 Å². The molecule has 1 N–H and O–H groups in total. The maximum absolute atomic E-state index is 4.98. The van der Waals surface area contributed by atoms with Gasteiger partial charge in [0.15, 0.2) is 4.77 Å². The lowest BCUT2D eigenvalue weighted by Crippen LogP contribution is -1.89. The molecule has 0 aliphatic carbocycles. The van der Waals surface area contributed by atoms with Gasteiger partial charge >= 0.3 is 0 Å². The summed E-state index contributed by atoms with van der Waals surface area (Å²) < 4.78 is 0.465. The highest BCUT2D eigenvalue weighted by molar-refractivity contribution is 7.71. The van der Waals surface area contributed by atoms with Crippen molar-refractivity contribution in [2.45, 2.75) is 6.92 Å². The molecule has 3 nitrogen and oxygen atoms in total. The van der Waals surface area contributed by atoms with E-state index >= 15 is 0 Å². The third kappa shape index (κ3) is 1.47. The lowest BCUT2D eigenvalue weighted by molar-refractivity contribution is 1.16. The number of H-pyrrole nitrogens is 1. The van der Waals surface area contributed by atoms with Crippen LogP contribution in [0.4, 0.5) is 0 Å². The van der Waals surface area contributed by atoms with E-state index in [0.29, 0.717) is 4.77 Å². The highest BCUT2D eigenvalue weighted by atomic mass is 32.1. The van der Waals surface area contributed by atoms with Crippen LogP contribution in [0.5, 0.6) is 0 Å². The van der Waals surface area contributed by atoms with Gasteiger partial charge in [-0.15, -0.1) is 0 Å². The number of aromatic amines is 1. The smallest absolute Gasteiger partial charge is 0.198 e. The number of rotatable bonds is 0. The highest BCUT2D eigenvalue weighted by Crippen LogP contribution is 2.18. The Morgan fingerprint density at radius 1 is 1.19 bits per heavy atom. The summed E-state index contributed by atoms with van der Waals surface area (Å²) in [5, 5.41) is 2.09. The monoisotopic (exact) mass is 227 g/mol. The van der Waals surface area contributed by atoms with E-state index in [0.717, 1.165) is 21.9 Å². The van der Waals surface area contributed by atoms with Crippen LogP contribution in [0.2, 0.25) is 0 Å². The molecule has 3 aromatic rings. The van der Waals surface area contributed by atoms with Crippen LogP contribution >= 0.6 is 12.2 Å². The van der Waals surface area contributed by atoms with E-state index in [2.05, 4.69) is 46.1 Å². The number of fused-ring (bicyclic) bond motifs is 2. The van der Waals surface area contributed by atoms with Gasteiger partial charge in [-0.25, -0.2) is 9.97 Å². The van der Waals surface area contributed by atoms with Crippen LogP contribution in [0.15, 0.2) is 30.5 Å². The molecule has 4 heteroatoms. The Morgan fingerprint density at radius 3 is 2.94 bits per heavy atom. The molecule has 0 bridgehead atoms. The standard InChI is InChI=1S/C12H9N3S/c1-7-2-3-8-5-9-6-13-12(16)15-11(9)14-10(8)4-7/h2-6H,1H3,(H,13,14,15,16). The SMILES string of the molecule is Cc1ccc2cc3cnc(=S)[nH]c3nc2c1. The van der Waals surface area contributed by atoms with Crippen LogP contribution in [0.25, 0.3) is 21.9 Å². The van der Waals surface area contributed by atoms with Crippen molar-refractivity contribution in [3.63, 3.8) is 0 Å². The fourth-order valence-electron chi connectivity index (χ4n) is 1.75. The van der Waals surface area contributed by atoms with Crippen molar-refractivity contribution >= 4 is 34.2 Å². The van der Waals surface area contributed by atoms with Gasteiger partial charge in [-0.3, -0.25) is 0 Å². The fraction of sp³-hybridized carbons (Fsp3) is 0.0833. The quantitative estimate of drug-likeness (QED) is 0.474. The van der Waals surface area contributed by atoms with E-state index in [1.165, 1.54) is 5.56 Å². The largest absolute Gasteiger partial charge is 0.315 e. The molecule has 1 aromatic carbocycles. The zero-order chi connectivity index (χ0) is 11.1. The lowest BCUT2D eigenvalue weighted by atomic mass is 10.1. The Balaban J connectivity index is 2.49. The summed E-state index contributed by atoms with van der Waals surface area (Å²) in [5.74, 6) is 0. The van der Waals surface area contributed by atoms with Gasteiger partial charge in [-0.1, -0.05) is 12.1 Å². The average Bonchev–Trinajstić information content (AvgIpc) is 2.26. The first-order valence-electron chi connectivity index (χ1n) is 4.99. The summed E-state index contributed by atoms with van der Waals surface area (Å²) in [6.45, 7) is 2.06. The third-order valence-electron chi connectivity index (χ3n) is 2.55. The fourth-order valence-corrected chi connectivity index (χ4v) is 1.90. The van der Waals surface area contributed by atoms with Gasteiger partial charge in [-0.05, 0) is 36.8 Å². The van der Waals surface area contributed by atoms with Crippen LogP contribution in [0.3, 0.4) is 0 Å². The molecular weight excluding hydrogens is 218 g/mol. The molecule has 0 spiro atoms. The molecule has 0 radical (unpaired) electrons. The molecule has 0 saturated heterocycles. The second-order valence-electron chi connectivity index (χ2n) is 3.81. The number of pyridine rings is 1. The maximum atomic E-state index is 4.98. The zero-order valence-corrected chi connectivity index (χ0v) is 9.51. The molecule has 3 rings (SSSR count). The number of aromatic nitrogens is 3. The molecular formula is C12H9N3S. The molecule has 16 heavy (non-hydrogen) atoms. The summed E-state index contributed by atoms with van der Waals surface area (Å²) in [5.41, 5.74) is 2.97. The Kier molecular flexibility index (Phi) is 1.97. The molecule has 78 valence electrons. The van der Waals surface area contributed by atoms with Crippen molar-refractivity contribution in [2.24, 2.45) is 0 Å². The number of benzene rings is 1. The second-order valence-corrected chi connectivity index (χ2v) is 4.20. The first-order chi connectivity index (χ1) is 7.72. The van der Waals surface area contributed by atoms with Gasteiger partial charge in [0.2, 0.25) is 0 Å². The molecule has 0 unspecified atom stereocenters.